The number of carbonyl (C=O) groups excluding carboxylic acids is 1. The second-order valence-electron chi connectivity index (χ2n) is 3.76. The van der Waals surface area contributed by atoms with Gasteiger partial charge in [0.15, 0.2) is 0 Å². The van der Waals surface area contributed by atoms with Gasteiger partial charge in [-0.15, -0.1) is 0 Å². The Morgan fingerprint density at radius 3 is 2.32 bits per heavy atom. The highest BCUT2D eigenvalue weighted by atomic mass is 19.4. The summed E-state index contributed by atoms with van der Waals surface area (Å²) in [6.07, 6.45) is -5.76. The van der Waals surface area contributed by atoms with Crippen LogP contribution in [0.2, 0.25) is 0 Å². The van der Waals surface area contributed by atoms with Crippen molar-refractivity contribution in [1.29, 1.82) is 0 Å². The van der Waals surface area contributed by atoms with Crippen LogP contribution in [0.1, 0.15) is 18.5 Å². The van der Waals surface area contributed by atoms with Crippen LogP contribution in [0.15, 0.2) is 24.3 Å². The molecule has 0 aliphatic heterocycles. The fourth-order valence-electron chi connectivity index (χ4n) is 1.32. The molecule has 2 N–H and O–H groups in total. The van der Waals surface area contributed by atoms with E-state index in [0.717, 1.165) is 19.1 Å². The highest BCUT2D eigenvalue weighted by Crippen LogP contribution is 2.43. The normalized spacial score (nSPS) is 14.1. The average Bonchev–Trinajstić information content (AvgIpc) is 2.25. The van der Waals surface area contributed by atoms with Crippen LogP contribution in [0.25, 0.3) is 0 Å². The summed E-state index contributed by atoms with van der Waals surface area (Å²) in [4.78, 5) is 10.7. The van der Waals surface area contributed by atoms with Gasteiger partial charge < -0.3 is 10.5 Å². The third kappa shape index (κ3) is 3.40. The number of alkyl halides is 5. The van der Waals surface area contributed by atoms with Crippen molar-refractivity contribution in [2.45, 2.75) is 25.1 Å². The van der Waals surface area contributed by atoms with Gasteiger partial charge in [0.25, 0.3) is 0 Å². The van der Waals surface area contributed by atoms with E-state index in [0.29, 0.717) is 0 Å². The number of halogens is 5. The fraction of sp³-hybridized carbons (Fsp3) is 0.364. The number of benzene rings is 1. The Bertz CT molecular complexity index is 472. The van der Waals surface area contributed by atoms with E-state index in [2.05, 4.69) is 4.74 Å². The van der Waals surface area contributed by atoms with E-state index >= 15 is 0 Å². The Morgan fingerprint density at radius 1 is 1.26 bits per heavy atom. The smallest absolute Gasteiger partial charge is 0.427 e. The molecule has 0 aliphatic carbocycles. The van der Waals surface area contributed by atoms with Crippen molar-refractivity contribution in [1.82, 2.24) is 0 Å². The second-order valence-corrected chi connectivity index (χ2v) is 3.76. The lowest BCUT2D eigenvalue weighted by Crippen LogP contribution is -2.45. The molecule has 1 atom stereocenters. The molecule has 19 heavy (non-hydrogen) atoms. The van der Waals surface area contributed by atoms with Gasteiger partial charge in [0.2, 0.25) is 0 Å². The van der Waals surface area contributed by atoms with E-state index in [4.69, 9.17) is 5.73 Å². The summed E-state index contributed by atoms with van der Waals surface area (Å²) in [6.45, 7) is 1.07. The third-order valence-electron chi connectivity index (χ3n) is 2.25. The van der Waals surface area contributed by atoms with Crippen LogP contribution in [-0.2, 0) is 4.79 Å². The standard InChI is InChI=1S/C11H10F5NO2/c1-6(18)19-8-4-2-3-7(5-8)9(17)10(12,13)11(14,15)16/h2-5,9H,17H2,1H3/t9-/m0/s1. The third-order valence-corrected chi connectivity index (χ3v) is 2.25. The first-order valence-corrected chi connectivity index (χ1v) is 5.04. The zero-order chi connectivity index (χ0) is 14.8. The van der Waals surface area contributed by atoms with Crippen LogP contribution >= 0.6 is 0 Å². The summed E-state index contributed by atoms with van der Waals surface area (Å²) in [5, 5.41) is 0. The van der Waals surface area contributed by atoms with E-state index in [1.165, 1.54) is 12.1 Å². The molecular weight excluding hydrogens is 273 g/mol. The molecule has 0 amide bonds. The molecule has 0 saturated heterocycles. The zero-order valence-electron chi connectivity index (χ0n) is 9.67. The first kappa shape index (κ1) is 15.4. The number of rotatable bonds is 3. The Kier molecular flexibility index (Phi) is 4.14. The summed E-state index contributed by atoms with van der Waals surface area (Å²) in [7, 11) is 0. The Hall–Kier alpha value is -1.70. The minimum absolute atomic E-state index is 0.154. The topological polar surface area (TPSA) is 52.3 Å². The predicted octanol–water partition coefficient (Wildman–Crippen LogP) is 2.81. The molecule has 0 saturated carbocycles. The maximum absolute atomic E-state index is 13.0. The Balaban J connectivity index is 3.06. The SMILES string of the molecule is CC(=O)Oc1cccc([C@H](N)C(F)(F)C(F)(F)F)c1. The minimum Gasteiger partial charge on any atom is -0.427 e. The number of ether oxygens (including phenoxy) is 1. The lowest BCUT2D eigenvalue weighted by molar-refractivity contribution is -0.291. The van der Waals surface area contributed by atoms with Gasteiger partial charge in [-0.1, -0.05) is 12.1 Å². The average molecular weight is 283 g/mol. The fourth-order valence-corrected chi connectivity index (χ4v) is 1.32. The van der Waals surface area contributed by atoms with Gasteiger partial charge in [-0.05, 0) is 17.7 Å². The van der Waals surface area contributed by atoms with Crippen LogP contribution in [0.4, 0.5) is 22.0 Å². The molecule has 1 rings (SSSR count). The molecule has 0 bridgehead atoms. The number of nitrogens with two attached hydrogens (primary N) is 1. The van der Waals surface area contributed by atoms with Crippen molar-refractivity contribution >= 4 is 5.97 Å². The van der Waals surface area contributed by atoms with Gasteiger partial charge in [-0.2, -0.15) is 22.0 Å². The number of hydrogen-bond acceptors (Lipinski definition) is 3. The quantitative estimate of drug-likeness (QED) is 0.527. The Labute approximate surface area is 105 Å². The molecule has 0 fully saturated rings. The molecule has 0 radical (unpaired) electrons. The van der Waals surface area contributed by atoms with Gasteiger partial charge in [0.05, 0.1) is 0 Å². The molecule has 1 aromatic carbocycles. The summed E-state index contributed by atoms with van der Waals surface area (Å²) < 4.78 is 67.2. The van der Waals surface area contributed by atoms with Gasteiger partial charge in [0.1, 0.15) is 11.8 Å². The van der Waals surface area contributed by atoms with Gasteiger partial charge >= 0.3 is 18.1 Å². The highest BCUT2D eigenvalue weighted by Gasteiger charge is 2.61. The number of hydrogen-bond donors (Lipinski definition) is 1. The lowest BCUT2D eigenvalue weighted by Gasteiger charge is -2.26. The van der Waals surface area contributed by atoms with Crippen molar-refractivity contribution in [2.75, 3.05) is 0 Å². The second kappa shape index (κ2) is 5.12. The van der Waals surface area contributed by atoms with E-state index in [1.54, 1.807) is 0 Å². The molecule has 3 nitrogen and oxygen atoms in total. The van der Waals surface area contributed by atoms with Crippen LogP contribution in [0.5, 0.6) is 5.75 Å². The first-order chi connectivity index (χ1) is 8.55. The zero-order valence-corrected chi connectivity index (χ0v) is 9.67. The van der Waals surface area contributed by atoms with Gasteiger partial charge in [-0.25, -0.2) is 0 Å². The summed E-state index contributed by atoms with van der Waals surface area (Å²) in [5.74, 6) is -5.96. The first-order valence-electron chi connectivity index (χ1n) is 5.04. The maximum Gasteiger partial charge on any atom is 0.455 e. The minimum atomic E-state index is -5.76. The van der Waals surface area contributed by atoms with Crippen molar-refractivity contribution in [3.63, 3.8) is 0 Å². The van der Waals surface area contributed by atoms with Crippen molar-refractivity contribution in [3.05, 3.63) is 29.8 Å². The van der Waals surface area contributed by atoms with Crippen molar-refractivity contribution in [2.24, 2.45) is 5.73 Å². The molecule has 8 heteroatoms. The molecule has 0 aliphatic rings. The molecule has 106 valence electrons. The van der Waals surface area contributed by atoms with Gasteiger partial charge in [-0.3, -0.25) is 4.79 Å². The van der Waals surface area contributed by atoms with Crippen molar-refractivity contribution < 1.29 is 31.5 Å². The monoisotopic (exact) mass is 283 g/mol. The summed E-state index contributed by atoms with van der Waals surface area (Å²) in [6, 6.07) is 1.69. The van der Waals surface area contributed by atoms with E-state index in [-0.39, 0.29) is 5.75 Å². The van der Waals surface area contributed by atoms with Gasteiger partial charge in [0, 0.05) is 6.92 Å². The van der Waals surface area contributed by atoms with E-state index < -0.39 is 29.7 Å². The molecular formula is C11H10F5NO2. The molecule has 0 aromatic heterocycles. The molecule has 1 aromatic rings. The maximum atomic E-state index is 13.0. The summed E-state index contributed by atoms with van der Waals surface area (Å²) in [5.41, 5.74) is 4.46. The number of esters is 1. The molecule has 0 heterocycles. The van der Waals surface area contributed by atoms with E-state index in [9.17, 15) is 26.7 Å². The van der Waals surface area contributed by atoms with Crippen LogP contribution in [-0.4, -0.2) is 18.1 Å². The molecule has 0 unspecified atom stereocenters. The molecule has 0 spiro atoms. The van der Waals surface area contributed by atoms with Crippen LogP contribution in [0.3, 0.4) is 0 Å². The van der Waals surface area contributed by atoms with Crippen LogP contribution in [0, 0.1) is 0 Å². The highest BCUT2D eigenvalue weighted by molar-refractivity contribution is 5.69. The largest absolute Gasteiger partial charge is 0.455 e. The Morgan fingerprint density at radius 2 is 1.84 bits per heavy atom. The summed E-state index contributed by atoms with van der Waals surface area (Å²) >= 11 is 0. The van der Waals surface area contributed by atoms with Crippen molar-refractivity contribution in [3.8, 4) is 5.75 Å². The lowest BCUT2D eigenvalue weighted by atomic mass is 10.0. The number of carbonyl (C=O) groups is 1. The predicted molar refractivity (Wildman–Crippen MR) is 55.7 cm³/mol. The van der Waals surface area contributed by atoms with Crippen LogP contribution < -0.4 is 10.5 Å². The van der Waals surface area contributed by atoms with E-state index in [1.807, 2.05) is 0 Å².